The molecule has 144 valence electrons. The molecule has 0 radical (unpaired) electrons. The Morgan fingerprint density at radius 1 is 0.821 bits per heavy atom. The largest absolute Gasteiger partial charge is 0.207 e. The third-order valence-electron chi connectivity index (χ3n) is 6.13. The molecule has 1 unspecified atom stereocenters. The van der Waals surface area contributed by atoms with E-state index in [1.165, 1.54) is 72.1 Å². The molecule has 28 heavy (non-hydrogen) atoms. The minimum atomic E-state index is -0.180. The summed E-state index contributed by atoms with van der Waals surface area (Å²) in [6.07, 6.45) is 8.54. The zero-order valence-corrected chi connectivity index (χ0v) is 16.8. The van der Waals surface area contributed by atoms with Gasteiger partial charge in [-0.25, -0.2) is 4.39 Å². The summed E-state index contributed by atoms with van der Waals surface area (Å²) in [5.41, 5.74) is 8.15. The molecule has 1 atom stereocenters. The molecule has 3 aromatic carbocycles. The third-order valence-corrected chi connectivity index (χ3v) is 6.13. The van der Waals surface area contributed by atoms with Crippen molar-refractivity contribution < 1.29 is 4.39 Å². The lowest BCUT2D eigenvalue weighted by molar-refractivity contribution is 0.585. The maximum Gasteiger partial charge on any atom is 0.123 e. The molecule has 0 aromatic heterocycles. The molecule has 0 N–H and O–H groups in total. The van der Waals surface area contributed by atoms with Crippen molar-refractivity contribution in [1.29, 1.82) is 0 Å². The highest BCUT2D eigenvalue weighted by Gasteiger charge is 2.20. The Morgan fingerprint density at radius 2 is 1.57 bits per heavy atom. The number of unbranched alkanes of at least 4 members (excludes halogenated alkanes) is 2. The van der Waals surface area contributed by atoms with Gasteiger partial charge in [0.2, 0.25) is 0 Å². The highest BCUT2D eigenvalue weighted by atomic mass is 19.1. The summed E-state index contributed by atoms with van der Waals surface area (Å²) in [5, 5.41) is 0. The molecule has 0 saturated heterocycles. The van der Waals surface area contributed by atoms with Gasteiger partial charge in [0, 0.05) is 0 Å². The lowest BCUT2D eigenvalue weighted by atomic mass is 9.79. The number of aryl methyl sites for hydroxylation is 2. The highest BCUT2D eigenvalue weighted by molar-refractivity contribution is 5.65. The summed E-state index contributed by atoms with van der Waals surface area (Å²) in [4.78, 5) is 0. The van der Waals surface area contributed by atoms with Crippen molar-refractivity contribution >= 4 is 0 Å². The molecule has 0 bridgehead atoms. The van der Waals surface area contributed by atoms with Crippen LogP contribution in [0, 0.1) is 5.82 Å². The molecular weight excluding hydrogens is 343 g/mol. The highest BCUT2D eigenvalue weighted by Crippen LogP contribution is 2.35. The van der Waals surface area contributed by atoms with Gasteiger partial charge in [0.1, 0.15) is 5.82 Å². The van der Waals surface area contributed by atoms with Crippen molar-refractivity contribution in [3.63, 3.8) is 0 Å². The van der Waals surface area contributed by atoms with Gasteiger partial charge in [-0.3, -0.25) is 0 Å². The van der Waals surface area contributed by atoms with Gasteiger partial charge in [-0.2, -0.15) is 0 Å². The van der Waals surface area contributed by atoms with Crippen molar-refractivity contribution in [1.82, 2.24) is 0 Å². The van der Waals surface area contributed by atoms with E-state index in [2.05, 4.69) is 49.4 Å². The SMILES string of the molecule is CCCCCc1ccc(C2CCc3cc(-c4ccc(F)cc4)ccc3C2)cc1. The number of fused-ring (bicyclic) bond motifs is 1. The molecule has 0 heterocycles. The van der Waals surface area contributed by atoms with E-state index in [-0.39, 0.29) is 5.82 Å². The van der Waals surface area contributed by atoms with E-state index < -0.39 is 0 Å². The maximum absolute atomic E-state index is 13.2. The summed E-state index contributed by atoms with van der Waals surface area (Å²) in [6, 6.07) is 22.9. The van der Waals surface area contributed by atoms with E-state index in [0.29, 0.717) is 5.92 Å². The first kappa shape index (κ1) is 18.9. The van der Waals surface area contributed by atoms with Gasteiger partial charge in [-0.1, -0.05) is 74.4 Å². The molecule has 0 nitrogen and oxygen atoms in total. The second-order valence-electron chi connectivity index (χ2n) is 8.13. The number of rotatable bonds is 6. The first-order valence-electron chi connectivity index (χ1n) is 10.7. The molecule has 1 aliphatic rings. The molecule has 0 amide bonds. The predicted molar refractivity (Wildman–Crippen MR) is 116 cm³/mol. The van der Waals surface area contributed by atoms with Crippen LogP contribution < -0.4 is 0 Å². The zero-order valence-electron chi connectivity index (χ0n) is 16.8. The van der Waals surface area contributed by atoms with Crippen LogP contribution in [0.5, 0.6) is 0 Å². The molecule has 0 spiro atoms. The Kier molecular flexibility index (Phi) is 5.90. The van der Waals surface area contributed by atoms with Crippen LogP contribution in [0.2, 0.25) is 0 Å². The van der Waals surface area contributed by atoms with Gasteiger partial charge in [-0.05, 0) is 83.5 Å². The van der Waals surface area contributed by atoms with E-state index in [1.54, 1.807) is 0 Å². The predicted octanol–water partition coefficient (Wildman–Crippen LogP) is 7.50. The van der Waals surface area contributed by atoms with Crippen molar-refractivity contribution in [2.45, 2.75) is 57.8 Å². The number of hydrogen-bond donors (Lipinski definition) is 0. The first-order valence-corrected chi connectivity index (χ1v) is 10.7. The summed E-state index contributed by atoms with van der Waals surface area (Å²) < 4.78 is 13.2. The Balaban J connectivity index is 1.45. The Labute approximate surface area is 168 Å². The molecule has 1 aliphatic carbocycles. The van der Waals surface area contributed by atoms with Crippen LogP contribution in [-0.2, 0) is 19.3 Å². The lowest BCUT2D eigenvalue weighted by Gasteiger charge is -2.26. The van der Waals surface area contributed by atoms with Crippen molar-refractivity contribution in [2.24, 2.45) is 0 Å². The number of benzene rings is 3. The smallest absolute Gasteiger partial charge is 0.123 e. The van der Waals surface area contributed by atoms with E-state index in [9.17, 15) is 4.39 Å². The van der Waals surface area contributed by atoms with E-state index in [1.807, 2.05) is 12.1 Å². The summed E-state index contributed by atoms with van der Waals surface area (Å²) in [7, 11) is 0. The number of halogens is 1. The molecule has 0 aliphatic heterocycles. The average Bonchev–Trinajstić information content (AvgIpc) is 2.74. The molecule has 0 fully saturated rings. The minimum absolute atomic E-state index is 0.180. The Morgan fingerprint density at radius 3 is 2.32 bits per heavy atom. The van der Waals surface area contributed by atoms with Gasteiger partial charge in [0.15, 0.2) is 0 Å². The van der Waals surface area contributed by atoms with Crippen LogP contribution in [0.15, 0.2) is 66.7 Å². The molecule has 1 heteroatoms. The Hall–Kier alpha value is -2.41. The summed E-state index contributed by atoms with van der Waals surface area (Å²) in [6.45, 7) is 2.26. The van der Waals surface area contributed by atoms with E-state index >= 15 is 0 Å². The average molecular weight is 373 g/mol. The van der Waals surface area contributed by atoms with E-state index in [4.69, 9.17) is 0 Å². The molecular formula is C27H29F. The van der Waals surface area contributed by atoms with Gasteiger partial charge >= 0.3 is 0 Å². The summed E-state index contributed by atoms with van der Waals surface area (Å²) >= 11 is 0. The van der Waals surface area contributed by atoms with Crippen LogP contribution in [0.1, 0.15) is 60.8 Å². The van der Waals surface area contributed by atoms with Gasteiger partial charge < -0.3 is 0 Å². The maximum atomic E-state index is 13.2. The van der Waals surface area contributed by atoms with Crippen molar-refractivity contribution in [3.8, 4) is 11.1 Å². The molecule has 3 aromatic rings. The fourth-order valence-corrected chi connectivity index (χ4v) is 4.40. The topological polar surface area (TPSA) is 0 Å². The van der Waals surface area contributed by atoms with Gasteiger partial charge in [0.25, 0.3) is 0 Å². The fraction of sp³-hybridized carbons (Fsp3) is 0.333. The van der Waals surface area contributed by atoms with Crippen molar-refractivity contribution in [2.75, 3.05) is 0 Å². The second-order valence-corrected chi connectivity index (χ2v) is 8.13. The van der Waals surface area contributed by atoms with Gasteiger partial charge in [-0.15, -0.1) is 0 Å². The number of hydrogen-bond acceptors (Lipinski definition) is 0. The normalized spacial score (nSPS) is 16.0. The van der Waals surface area contributed by atoms with Gasteiger partial charge in [0.05, 0.1) is 0 Å². The van der Waals surface area contributed by atoms with Crippen LogP contribution >= 0.6 is 0 Å². The van der Waals surface area contributed by atoms with Crippen LogP contribution in [-0.4, -0.2) is 0 Å². The first-order chi connectivity index (χ1) is 13.7. The standard InChI is InChI=1S/C27H29F/c1-2-3-4-5-20-6-8-21(9-7-20)23-10-12-26-19-24(11-13-25(26)18-23)22-14-16-27(28)17-15-22/h6-9,11,13-17,19,23H,2-5,10,12,18H2,1H3. The zero-order chi connectivity index (χ0) is 19.3. The molecule has 0 saturated carbocycles. The Bertz CT molecular complexity index is 906. The molecule has 4 rings (SSSR count). The fourth-order valence-electron chi connectivity index (χ4n) is 4.40. The minimum Gasteiger partial charge on any atom is -0.207 e. The second kappa shape index (κ2) is 8.73. The summed E-state index contributed by atoms with van der Waals surface area (Å²) in [5.74, 6) is 0.440. The van der Waals surface area contributed by atoms with E-state index in [0.717, 1.165) is 18.4 Å². The lowest BCUT2D eigenvalue weighted by Crippen LogP contribution is -2.13. The van der Waals surface area contributed by atoms with Crippen LogP contribution in [0.4, 0.5) is 4.39 Å². The monoisotopic (exact) mass is 372 g/mol. The van der Waals surface area contributed by atoms with Crippen LogP contribution in [0.3, 0.4) is 0 Å². The third kappa shape index (κ3) is 4.35. The van der Waals surface area contributed by atoms with Crippen LogP contribution in [0.25, 0.3) is 11.1 Å². The quantitative estimate of drug-likeness (QED) is 0.393. The van der Waals surface area contributed by atoms with Crippen molar-refractivity contribution in [3.05, 3.63) is 94.8 Å².